The predicted molar refractivity (Wildman–Crippen MR) is 67.2 cm³/mol. The van der Waals surface area contributed by atoms with Crippen molar-refractivity contribution in [3.63, 3.8) is 0 Å². The maximum atomic E-state index is 4.42. The van der Waals surface area contributed by atoms with E-state index in [1.807, 2.05) is 26.2 Å². The van der Waals surface area contributed by atoms with Crippen molar-refractivity contribution in [2.75, 3.05) is 6.54 Å². The Hall–Kier alpha value is -1.22. The van der Waals surface area contributed by atoms with Crippen molar-refractivity contribution in [1.29, 1.82) is 0 Å². The van der Waals surface area contributed by atoms with Crippen molar-refractivity contribution in [2.24, 2.45) is 0 Å². The molecular formula is C13H21N3. The van der Waals surface area contributed by atoms with Gasteiger partial charge in [-0.1, -0.05) is 12.5 Å². The Bertz CT molecular complexity index is 330. The van der Waals surface area contributed by atoms with Gasteiger partial charge < -0.3 is 5.32 Å². The van der Waals surface area contributed by atoms with E-state index in [2.05, 4.69) is 28.8 Å². The highest BCUT2D eigenvalue weighted by Gasteiger charge is 2.12. The lowest BCUT2D eigenvalue weighted by Gasteiger charge is -2.17. The van der Waals surface area contributed by atoms with E-state index in [1.165, 1.54) is 0 Å². The fourth-order valence-electron chi connectivity index (χ4n) is 1.53. The Morgan fingerprint density at radius 2 is 2.19 bits per heavy atom. The Balaban J connectivity index is 2.74. The van der Waals surface area contributed by atoms with Crippen LogP contribution in [-0.4, -0.2) is 16.5 Å². The van der Waals surface area contributed by atoms with Gasteiger partial charge in [0.05, 0.1) is 23.6 Å². The molecule has 3 nitrogen and oxygen atoms in total. The number of rotatable bonds is 6. The first-order valence-electron chi connectivity index (χ1n) is 5.79. The molecule has 0 amide bonds. The molecule has 16 heavy (non-hydrogen) atoms. The second-order valence-corrected chi connectivity index (χ2v) is 4.25. The van der Waals surface area contributed by atoms with Crippen LogP contribution in [0.1, 0.15) is 44.1 Å². The number of nitrogens with zero attached hydrogens (tertiary/aromatic N) is 2. The number of aryl methyl sites for hydroxylation is 1. The van der Waals surface area contributed by atoms with Gasteiger partial charge in [0.2, 0.25) is 0 Å². The number of hydrogen-bond donors (Lipinski definition) is 1. The van der Waals surface area contributed by atoms with Gasteiger partial charge in [0.1, 0.15) is 0 Å². The topological polar surface area (TPSA) is 37.8 Å². The van der Waals surface area contributed by atoms with E-state index in [9.17, 15) is 0 Å². The highest BCUT2D eigenvalue weighted by molar-refractivity contribution is 5.09. The Kier molecular flexibility index (Phi) is 5.12. The van der Waals surface area contributed by atoms with Crippen LogP contribution in [0.25, 0.3) is 0 Å². The Labute approximate surface area is 98.0 Å². The Morgan fingerprint density at radius 1 is 1.44 bits per heavy atom. The summed E-state index contributed by atoms with van der Waals surface area (Å²) < 4.78 is 0. The third-order valence-corrected chi connectivity index (χ3v) is 2.35. The van der Waals surface area contributed by atoms with Gasteiger partial charge in [0.25, 0.3) is 0 Å². The molecule has 0 radical (unpaired) electrons. The lowest BCUT2D eigenvalue weighted by Crippen LogP contribution is -2.23. The fourth-order valence-corrected chi connectivity index (χ4v) is 1.53. The molecule has 0 aliphatic heterocycles. The quantitative estimate of drug-likeness (QED) is 0.748. The van der Waals surface area contributed by atoms with E-state index in [4.69, 9.17) is 0 Å². The second-order valence-electron chi connectivity index (χ2n) is 4.25. The molecule has 1 unspecified atom stereocenters. The van der Waals surface area contributed by atoms with Crippen LogP contribution < -0.4 is 5.32 Å². The van der Waals surface area contributed by atoms with Gasteiger partial charge in [0, 0.05) is 6.20 Å². The zero-order valence-electron chi connectivity index (χ0n) is 10.5. The maximum Gasteiger partial charge on any atom is 0.0759 e. The van der Waals surface area contributed by atoms with Crippen molar-refractivity contribution in [1.82, 2.24) is 15.3 Å². The van der Waals surface area contributed by atoms with Crippen LogP contribution in [0, 0.1) is 6.92 Å². The molecule has 1 heterocycles. The minimum Gasteiger partial charge on any atom is -0.308 e. The molecule has 0 saturated heterocycles. The minimum absolute atomic E-state index is 0.241. The number of nitrogens with one attached hydrogen (secondary N) is 1. The molecule has 0 saturated carbocycles. The van der Waals surface area contributed by atoms with Gasteiger partial charge in [-0.2, -0.15) is 0 Å². The molecule has 0 aliphatic carbocycles. The molecule has 3 heteroatoms. The summed E-state index contributed by atoms with van der Waals surface area (Å²) in [6, 6.07) is 0.241. The van der Waals surface area contributed by atoms with Crippen molar-refractivity contribution < 1.29 is 0 Å². The monoisotopic (exact) mass is 219 g/mol. The summed E-state index contributed by atoms with van der Waals surface area (Å²) in [6.07, 6.45) is 5.70. The van der Waals surface area contributed by atoms with Gasteiger partial charge in [-0.3, -0.25) is 9.97 Å². The van der Waals surface area contributed by atoms with Crippen LogP contribution in [0.4, 0.5) is 0 Å². The molecule has 1 rings (SSSR count). The fraction of sp³-hybridized carbons (Fsp3) is 0.538. The average Bonchev–Trinajstić information content (AvgIpc) is 2.25. The van der Waals surface area contributed by atoms with E-state index in [0.717, 1.165) is 36.3 Å². The smallest absolute Gasteiger partial charge is 0.0759 e. The van der Waals surface area contributed by atoms with Crippen molar-refractivity contribution >= 4 is 0 Å². The number of hydrogen-bond acceptors (Lipinski definition) is 3. The van der Waals surface area contributed by atoms with E-state index < -0.39 is 0 Å². The average molecular weight is 219 g/mol. The summed E-state index contributed by atoms with van der Waals surface area (Å²) in [5.74, 6) is 0. The largest absolute Gasteiger partial charge is 0.308 e. The van der Waals surface area contributed by atoms with Crippen LogP contribution in [0.5, 0.6) is 0 Å². The molecule has 0 aromatic carbocycles. The molecule has 0 fully saturated rings. The molecule has 1 atom stereocenters. The summed E-state index contributed by atoms with van der Waals surface area (Å²) in [4.78, 5) is 8.70. The van der Waals surface area contributed by atoms with Crippen molar-refractivity contribution in [3.8, 4) is 0 Å². The summed E-state index contributed by atoms with van der Waals surface area (Å²) in [5, 5.41) is 3.47. The third kappa shape index (κ3) is 4.11. The van der Waals surface area contributed by atoms with Crippen LogP contribution >= 0.6 is 0 Å². The minimum atomic E-state index is 0.241. The van der Waals surface area contributed by atoms with E-state index in [0.29, 0.717) is 0 Å². The predicted octanol–water partition coefficient (Wildman–Crippen LogP) is 2.79. The SMILES string of the molecule is C=C(C)CC(NCCC)c1cnc(C)cn1. The van der Waals surface area contributed by atoms with Crippen LogP contribution in [0.3, 0.4) is 0 Å². The Morgan fingerprint density at radius 3 is 2.69 bits per heavy atom. The van der Waals surface area contributed by atoms with Crippen molar-refractivity contribution in [3.05, 3.63) is 35.9 Å². The van der Waals surface area contributed by atoms with E-state index in [-0.39, 0.29) is 6.04 Å². The summed E-state index contributed by atoms with van der Waals surface area (Å²) >= 11 is 0. The zero-order chi connectivity index (χ0) is 12.0. The lowest BCUT2D eigenvalue weighted by molar-refractivity contribution is 0.514. The lowest BCUT2D eigenvalue weighted by atomic mass is 10.1. The van der Waals surface area contributed by atoms with Gasteiger partial charge in [-0.05, 0) is 33.2 Å². The molecule has 0 bridgehead atoms. The number of aromatic nitrogens is 2. The highest BCUT2D eigenvalue weighted by atomic mass is 14.9. The third-order valence-electron chi connectivity index (χ3n) is 2.35. The van der Waals surface area contributed by atoms with E-state index in [1.54, 1.807) is 0 Å². The maximum absolute atomic E-state index is 4.42. The molecular weight excluding hydrogens is 198 g/mol. The van der Waals surface area contributed by atoms with Crippen molar-refractivity contribution in [2.45, 2.75) is 39.7 Å². The van der Waals surface area contributed by atoms with Gasteiger partial charge in [-0.25, -0.2) is 0 Å². The summed E-state index contributed by atoms with van der Waals surface area (Å²) in [5.41, 5.74) is 3.12. The molecule has 0 aliphatic rings. The first kappa shape index (κ1) is 12.8. The molecule has 88 valence electrons. The summed E-state index contributed by atoms with van der Waals surface area (Å²) in [6.45, 7) is 11.1. The normalized spacial score (nSPS) is 12.4. The van der Waals surface area contributed by atoms with Crippen LogP contribution in [0.15, 0.2) is 24.5 Å². The van der Waals surface area contributed by atoms with Gasteiger partial charge in [0.15, 0.2) is 0 Å². The highest BCUT2D eigenvalue weighted by Crippen LogP contribution is 2.17. The van der Waals surface area contributed by atoms with Gasteiger partial charge in [-0.15, -0.1) is 6.58 Å². The first-order valence-corrected chi connectivity index (χ1v) is 5.79. The molecule has 1 aromatic rings. The molecule has 0 spiro atoms. The van der Waals surface area contributed by atoms with Crippen LogP contribution in [-0.2, 0) is 0 Å². The standard InChI is InChI=1S/C13H21N3/c1-5-6-14-12(7-10(2)3)13-9-15-11(4)8-16-13/h8-9,12,14H,2,5-7H2,1,3-4H3. The van der Waals surface area contributed by atoms with Gasteiger partial charge >= 0.3 is 0 Å². The second kappa shape index (κ2) is 6.38. The first-order chi connectivity index (χ1) is 7.63. The summed E-state index contributed by atoms with van der Waals surface area (Å²) in [7, 11) is 0. The molecule has 1 aromatic heterocycles. The molecule has 1 N–H and O–H groups in total. The van der Waals surface area contributed by atoms with E-state index >= 15 is 0 Å². The zero-order valence-corrected chi connectivity index (χ0v) is 10.5. The van der Waals surface area contributed by atoms with Crippen LogP contribution in [0.2, 0.25) is 0 Å².